The number of pyridine rings is 2. The molecular formula is C26H30N6O2. The Morgan fingerprint density at radius 3 is 2.68 bits per heavy atom. The van der Waals surface area contributed by atoms with E-state index in [0.717, 1.165) is 54.9 Å². The van der Waals surface area contributed by atoms with Crippen LogP contribution in [-0.4, -0.2) is 48.9 Å². The van der Waals surface area contributed by atoms with Gasteiger partial charge in [0.05, 0.1) is 40.8 Å². The van der Waals surface area contributed by atoms with E-state index in [4.69, 9.17) is 4.98 Å². The third-order valence-electron chi connectivity index (χ3n) is 7.89. The number of aliphatic hydroxyl groups is 1. The van der Waals surface area contributed by atoms with Gasteiger partial charge in [-0.05, 0) is 57.7 Å². The maximum Gasteiger partial charge on any atom is 0.274 e. The summed E-state index contributed by atoms with van der Waals surface area (Å²) in [4.78, 5) is 24.9. The van der Waals surface area contributed by atoms with E-state index in [0.29, 0.717) is 23.3 Å². The molecule has 2 N–H and O–H groups in total. The first kappa shape index (κ1) is 21.3. The lowest BCUT2D eigenvalue weighted by atomic mass is 9.61. The Balaban J connectivity index is 1.27. The lowest BCUT2D eigenvalue weighted by Crippen LogP contribution is -2.50. The van der Waals surface area contributed by atoms with Crippen molar-refractivity contribution in [3.8, 4) is 11.3 Å². The smallest absolute Gasteiger partial charge is 0.274 e. The second kappa shape index (κ2) is 7.37. The fourth-order valence-electron chi connectivity index (χ4n) is 5.51. The molecule has 4 aliphatic rings. The molecule has 0 unspecified atom stereocenters. The quantitative estimate of drug-likeness (QED) is 0.584. The third kappa shape index (κ3) is 3.48. The van der Waals surface area contributed by atoms with Crippen LogP contribution in [0.3, 0.4) is 0 Å². The first-order chi connectivity index (χ1) is 16.2. The minimum Gasteiger partial charge on any atom is -0.390 e. The van der Waals surface area contributed by atoms with Crippen LogP contribution in [0, 0.1) is 5.41 Å². The van der Waals surface area contributed by atoms with Gasteiger partial charge in [0.25, 0.3) is 5.91 Å². The molecule has 1 amide bonds. The number of rotatable bonds is 6. The van der Waals surface area contributed by atoms with Crippen molar-refractivity contribution in [1.29, 1.82) is 0 Å². The number of amides is 1. The number of aromatic nitrogens is 4. The van der Waals surface area contributed by atoms with Gasteiger partial charge in [0.1, 0.15) is 5.69 Å². The molecule has 2 aliphatic carbocycles. The monoisotopic (exact) mass is 458 g/mol. The SMILES string of the molecule is Cn1cc(-c2cccc(C(=O)Nc3cc(N4CC5(C(C)(C)O)CC4C5)cnc3C3CC3)n2)cn1. The summed E-state index contributed by atoms with van der Waals surface area (Å²) in [7, 11) is 1.85. The maximum absolute atomic E-state index is 13.2. The minimum absolute atomic E-state index is 0.0626. The fourth-order valence-corrected chi connectivity index (χ4v) is 5.51. The molecule has 0 spiro atoms. The third-order valence-corrected chi connectivity index (χ3v) is 7.89. The van der Waals surface area contributed by atoms with Crippen LogP contribution in [-0.2, 0) is 7.05 Å². The average molecular weight is 459 g/mol. The Morgan fingerprint density at radius 2 is 2.03 bits per heavy atom. The van der Waals surface area contributed by atoms with Gasteiger partial charge in [0.2, 0.25) is 0 Å². The highest BCUT2D eigenvalue weighted by Crippen LogP contribution is 2.58. The molecule has 0 radical (unpaired) electrons. The average Bonchev–Trinajstić information content (AvgIpc) is 3.22. The van der Waals surface area contributed by atoms with Crippen LogP contribution in [0.5, 0.6) is 0 Å². The molecule has 176 valence electrons. The molecule has 2 aliphatic heterocycles. The second-order valence-electron chi connectivity index (χ2n) is 10.7. The van der Waals surface area contributed by atoms with Gasteiger partial charge in [-0.2, -0.15) is 5.10 Å². The number of nitrogens with zero attached hydrogens (tertiary/aromatic N) is 5. The summed E-state index contributed by atoms with van der Waals surface area (Å²) in [6, 6.07) is 7.92. The molecule has 34 heavy (non-hydrogen) atoms. The van der Waals surface area contributed by atoms with Gasteiger partial charge in [-0.15, -0.1) is 0 Å². The van der Waals surface area contributed by atoms with Crippen molar-refractivity contribution >= 4 is 17.3 Å². The predicted octanol–water partition coefficient (Wildman–Crippen LogP) is 3.75. The Hall–Kier alpha value is -3.26. The highest BCUT2D eigenvalue weighted by atomic mass is 16.3. The normalized spacial score (nSPS) is 23.6. The van der Waals surface area contributed by atoms with Gasteiger partial charge < -0.3 is 15.3 Å². The van der Waals surface area contributed by atoms with Crippen molar-refractivity contribution in [3.05, 3.63) is 54.2 Å². The Labute approximate surface area is 199 Å². The van der Waals surface area contributed by atoms with Gasteiger partial charge in [0.15, 0.2) is 0 Å². The van der Waals surface area contributed by atoms with Gasteiger partial charge in [-0.3, -0.25) is 14.5 Å². The van der Waals surface area contributed by atoms with Crippen molar-refractivity contribution in [1.82, 2.24) is 19.7 Å². The Bertz CT molecular complexity index is 1270. The highest BCUT2D eigenvalue weighted by molar-refractivity contribution is 6.03. The molecule has 0 aromatic carbocycles. The predicted molar refractivity (Wildman–Crippen MR) is 130 cm³/mol. The zero-order valence-corrected chi connectivity index (χ0v) is 19.8. The molecule has 3 aromatic rings. The van der Waals surface area contributed by atoms with E-state index in [1.807, 2.05) is 45.4 Å². The first-order valence-corrected chi connectivity index (χ1v) is 12.0. The van der Waals surface area contributed by atoms with Gasteiger partial charge in [0, 0.05) is 42.7 Å². The van der Waals surface area contributed by atoms with Crippen molar-refractivity contribution in [2.75, 3.05) is 16.8 Å². The standard InChI is InChI=1S/C26H30N6O2/c1-25(2,34)26-10-19(11-26)32(15-26)18-9-22(23(27-13-18)16-7-8-16)30-24(33)21-6-4-5-20(29-21)17-12-28-31(3)14-17/h4-6,9,12-14,16,19,34H,7-8,10-11,15H2,1-3H3,(H,30,33). The number of carbonyl (C=O) groups is 1. The van der Waals surface area contributed by atoms with Crippen LogP contribution >= 0.6 is 0 Å². The lowest BCUT2D eigenvalue weighted by molar-refractivity contribution is -0.0754. The zero-order valence-electron chi connectivity index (χ0n) is 19.8. The molecule has 3 aromatic heterocycles. The van der Waals surface area contributed by atoms with E-state index >= 15 is 0 Å². The van der Waals surface area contributed by atoms with E-state index in [1.165, 1.54) is 0 Å². The Morgan fingerprint density at radius 1 is 1.24 bits per heavy atom. The highest BCUT2D eigenvalue weighted by Gasteiger charge is 2.61. The van der Waals surface area contributed by atoms with Gasteiger partial charge in [-0.1, -0.05) is 6.07 Å². The van der Waals surface area contributed by atoms with E-state index in [2.05, 4.69) is 26.4 Å². The van der Waals surface area contributed by atoms with Crippen LogP contribution < -0.4 is 10.2 Å². The molecule has 8 nitrogen and oxygen atoms in total. The van der Waals surface area contributed by atoms with Crippen molar-refractivity contribution < 1.29 is 9.90 Å². The Kier molecular flexibility index (Phi) is 4.61. The summed E-state index contributed by atoms with van der Waals surface area (Å²) in [6.07, 6.45) is 9.73. The number of hydrogen-bond donors (Lipinski definition) is 2. The number of nitrogens with one attached hydrogen (secondary N) is 1. The summed E-state index contributed by atoms with van der Waals surface area (Å²) < 4.78 is 1.72. The molecule has 5 heterocycles. The van der Waals surface area contributed by atoms with Gasteiger partial charge >= 0.3 is 0 Å². The van der Waals surface area contributed by atoms with Crippen molar-refractivity contribution in [3.63, 3.8) is 0 Å². The van der Waals surface area contributed by atoms with Crippen LogP contribution in [0.4, 0.5) is 11.4 Å². The fraction of sp³-hybridized carbons (Fsp3) is 0.462. The molecule has 4 fully saturated rings. The first-order valence-electron chi connectivity index (χ1n) is 12.0. The molecule has 7 rings (SSSR count). The van der Waals surface area contributed by atoms with E-state index in [1.54, 1.807) is 16.9 Å². The summed E-state index contributed by atoms with van der Waals surface area (Å²) in [5.74, 6) is 0.152. The van der Waals surface area contributed by atoms with E-state index in [9.17, 15) is 9.90 Å². The number of hydrogen-bond acceptors (Lipinski definition) is 6. The number of anilines is 2. The zero-order chi connectivity index (χ0) is 23.7. The summed E-state index contributed by atoms with van der Waals surface area (Å²) >= 11 is 0. The number of aryl methyl sites for hydroxylation is 1. The summed E-state index contributed by atoms with van der Waals surface area (Å²) in [6.45, 7) is 4.65. The largest absolute Gasteiger partial charge is 0.390 e. The summed E-state index contributed by atoms with van der Waals surface area (Å²) in [5, 5.41) is 18.0. The molecule has 2 saturated carbocycles. The number of fused-ring (bicyclic) bond motifs is 1. The topological polar surface area (TPSA) is 96.2 Å². The van der Waals surface area contributed by atoms with E-state index < -0.39 is 5.60 Å². The van der Waals surface area contributed by atoms with E-state index in [-0.39, 0.29) is 11.3 Å². The molecule has 0 atom stereocenters. The van der Waals surface area contributed by atoms with Gasteiger partial charge in [-0.25, -0.2) is 4.98 Å². The minimum atomic E-state index is -0.707. The molecular weight excluding hydrogens is 428 g/mol. The van der Waals surface area contributed by atoms with Crippen molar-refractivity contribution in [2.24, 2.45) is 12.5 Å². The van der Waals surface area contributed by atoms with Crippen LogP contribution in [0.1, 0.15) is 61.6 Å². The van der Waals surface area contributed by atoms with Crippen molar-refractivity contribution in [2.45, 2.75) is 57.1 Å². The number of carbonyl (C=O) groups excluding carboxylic acids is 1. The lowest BCUT2D eigenvalue weighted by Gasteiger charge is -2.45. The summed E-state index contributed by atoms with van der Waals surface area (Å²) in [5.41, 5.74) is 3.89. The molecule has 2 saturated heterocycles. The molecule has 2 bridgehead atoms. The van der Waals surface area contributed by atoms with Crippen LogP contribution in [0.15, 0.2) is 42.9 Å². The molecule has 8 heteroatoms. The van der Waals surface area contributed by atoms with Crippen LogP contribution in [0.2, 0.25) is 0 Å². The second-order valence-corrected chi connectivity index (χ2v) is 10.7. The maximum atomic E-state index is 13.2. The van der Waals surface area contributed by atoms with Crippen LogP contribution in [0.25, 0.3) is 11.3 Å².